The summed E-state index contributed by atoms with van der Waals surface area (Å²) in [6.07, 6.45) is 0.116. The summed E-state index contributed by atoms with van der Waals surface area (Å²) in [6.45, 7) is 1.70. The number of hydrogen-bond acceptors (Lipinski definition) is 3. The molecule has 1 aliphatic rings. The Morgan fingerprint density at radius 1 is 1.42 bits per heavy atom. The minimum absolute atomic E-state index is 0.116. The molecule has 1 aliphatic heterocycles. The fourth-order valence-corrected chi connectivity index (χ4v) is 1.91. The van der Waals surface area contributed by atoms with E-state index in [9.17, 15) is 18.8 Å². The largest absolute Gasteiger partial charge is 0.478 e. The van der Waals surface area contributed by atoms with Gasteiger partial charge in [-0.2, -0.15) is 0 Å². The maximum absolute atomic E-state index is 13.5. The van der Waals surface area contributed by atoms with E-state index in [4.69, 9.17) is 5.11 Å². The van der Waals surface area contributed by atoms with Crippen molar-refractivity contribution in [3.05, 3.63) is 29.1 Å². The molecule has 2 rings (SSSR count). The third-order valence-corrected chi connectivity index (χ3v) is 2.86. The van der Waals surface area contributed by atoms with E-state index in [1.807, 2.05) is 0 Å². The first-order valence-corrected chi connectivity index (χ1v) is 5.55. The number of benzene rings is 1. The number of carbonyl (C=O) groups excluding carboxylic acids is 2. The van der Waals surface area contributed by atoms with Gasteiger partial charge >= 0.3 is 12.0 Å². The Morgan fingerprint density at radius 3 is 2.68 bits per heavy atom. The lowest BCUT2D eigenvalue weighted by Gasteiger charge is -2.28. The summed E-state index contributed by atoms with van der Waals surface area (Å²) in [4.78, 5) is 34.8. The first kappa shape index (κ1) is 13.0. The van der Waals surface area contributed by atoms with E-state index in [0.29, 0.717) is 5.56 Å². The number of rotatable bonds is 2. The molecule has 1 heterocycles. The van der Waals surface area contributed by atoms with Gasteiger partial charge in [-0.25, -0.2) is 14.0 Å². The third-order valence-electron chi connectivity index (χ3n) is 2.86. The standard InChI is InChI=1S/C12H11FN2O4/c1-6-4-8(13)7(11(17)18)5-9(6)15-3-2-10(16)14-12(15)19/h4-5H,2-3H2,1H3,(H,17,18)(H,14,16,19). The molecule has 1 aromatic rings. The summed E-state index contributed by atoms with van der Waals surface area (Å²) >= 11 is 0. The fraction of sp³-hybridized carbons (Fsp3) is 0.250. The molecule has 0 aliphatic carbocycles. The van der Waals surface area contributed by atoms with Gasteiger partial charge in [0.25, 0.3) is 0 Å². The van der Waals surface area contributed by atoms with E-state index in [1.165, 1.54) is 4.90 Å². The molecule has 0 atom stereocenters. The number of nitrogens with zero attached hydrogens (tertiary/aromatic N) is 1. The Labute approximate surface area is 107 Å². The molecular formula is C12H11FN2O4. The zero-order valence-electron chi connectivity index (χ0n) is 10.1. The highest BCUT2D eigenvalue weighted by Gasteiger charge is 2.26. The lowest BCUT2D eigenvalue weighted by molar-refractivity contribution is -0.120. The molecule has 0 spiro atoms. The molecule has 0 saturated carbocycles. The number of hydrogen-bond donors (Lipinski definition) is 2. The normalized spacial score (nSPS) is 15.4. The highest BCUT2D eigenvalue weighted by Crippen LogP contribution is 2.25. The predicted molar refractivity (Wildman–Crippen MR) is 63.6 cm³/mol. The molecule has 0 radical (unpaired) electrons. The van der Waals surface area contributed by atoms with E-state index >= 15 is 0 Å². The molecule has 7 heteroatoms. The molecule has 0 unspecified atom stereocenters. The van der Waals surface area contributed by atoms with Gasteiger partial charge < -0.3 is 5.11 Å². The monoisotopic (exact) mass is 266 g/mol. The van der Waals surface area contributed by atoms with Crippen molar-refractivity contribution in [2.75, 3.05) is 11.4 Å². The fourth-order valence-electron chi connectivity index (χ4n) is 1.91. The van der Waals surface area contributed by atoms with E-state index in [-0.39, 0.29) is 24.6 Å². The average Bonchev–Trinajstić information content (AvgIpc) is 2.30. The number of carboxylic acid groups (broad SMARTS) is 1. The van der Waals surface area contributed by atoms with Crippen molar-refractivity contribution in [2.24, 2.45) is 0 Å². The van der Waals surface area contributed by atoms with Crippen molar-refractivity contribution < 1.29 is 23.9 Å². The van der Waals surface area contributed by atoms with Gasteiger partial charge in [-0.15, -0.1) is 0 Å². The van der Waals surface area contributed by atoms with Crippen LogP contribution >= 0.6 is 0 Å². The zero-order chi connectivity index (χ0) is 14.2. The number of carboxylic acids is 1. The van der Waals surface area contributed by atoms with Crippen molar-refractivity contribution in [2.45, 2.75) is 13.3 Å². The molecule has 3 amide bonds. The highest BCUT2D eigenvalue weighted by molar-refractivity contribution is 6.06. The molecule has 19 heavy (non-hydrogen) atoms. The highest BCUT2D eigenvalue weighted by atomic mass is 19.1. The molecule has 6 nitrogen and oxygen atoms in total. The smallest absolute Gasteiger partial charge is 0.338 e. The molecule has 100 valence electrons. The Hall–Kier alpha value is -2.44. The van der Waals surface area contributed by atoms with Gasteiger partial charge in [-0.05, 0) is 24.6 Å². The molecule has 0 aromatic heterocycles. The third kappa shape index (κ3) is 2.40. The summed E-state index contributed by atoms with van der Waals surface area (Å²) in [6, 6.07) is 1.52. The van der Waals surface area contributed by atoms with Crippen molar-refractivity contribution in [1.82, 2.24) is 5.32 Å². The van der Waals surface area contributed by atoms with E-state index in [1.54, 1.807) is 6.92 Å². The SMILES string of the molecule is Cc1cc(F)c(C(=O)O)cc1N1CCC(=O)NC1=O. The second-order valence-electron chi connectivity index (χ2n) is 4.18. The van der Waals surface area contributed by atoms with Gasteiger partial charge in [0.2, 0.25) is 5.91 Å². The number of aryl methyl sites for hydroxylation is 1. The number of nitrogens with one attached hydrogen (secondary N) is 1. The maximum Gasteiger partial charge on any atom is 0.338 e. The first-order valence-electron chi connectivity index (χ1n) is 5.55. The Balaban J connectivity index is 2.44. The van der Waals surface area contributed by atoms with Crippen LogP contribution in [-0.4, -0.2) is 29.6 Å². The van der Waals surface area contributed by atoms with Crippen LogP contribution in [0.3, 0.4) is 0 Å². The van der Waals surface area contributed by atoms with E-state index < -0.39 is 23.4 Å². The predicted octanol–water partition coefficient (Wildman–Crippen LogP) is 1.28. The molecule has 1 aromatic carbocycles. The lowest BCUT2D eigenvalue weighted by Crippen LogP contribution is -2.49. The van der Waals surface area contributed by atoms with Crippen molar-refractivity contribution in [1.29, 1.82) is 0 Å². The summed E-state index contributed by atoms with van der Waals surface area (Å²) in [7, 11) is 0. The van der Waals surface area contributed by atoms with Crippen molar-refractivity contribution in [3.8, 4) is 0 Å². The minimum Gasteiger partial charge on any atom is -0.478 e. The number of imide groups is 1. The Morgan fingerprint density at radius 2 is 2.11 bits per heavy atom. The average molecular weight is 266 g/mol. The van der Waals surface area contributed by atoms with Crippen LogP contribution in [-0.2, 0) is 4.79 Å². The molecule has 1 saturated heterocycles. The minimum atomic E-state index is -1.41. The van der Waals surface area contributed by atoms with Gasteiger partial charge in [0.15, 0.2) is 0 Å². The molecule has 1 fully saturated rings. The van der Waals surface area contributed by atoms with Gasteiger partial charge in [0, 0.05) is 18.7 Å². The molecule has 2 N–H and O–H groups in total. The van der Waals surface area contributed by atoms with E-state index in [0.717, 1.165) is 12.1 Å². The van der Waals surface area contributed by atoms with Crippen LogP contribution in [0.5, 0.6) is 0 Å². The number of anilines is 1. The lowest BCUT2D eigenvalue weighted by atomic mass is 10.1. The van der Waals surface area contributed by atoms with Crippen molar-refractivity contribution >= 4 is 23.6 Å². The maximum atomic E-state index is 13.5. The second kappa shape index (κ2) is 4.68. The number of halogens is 1. The number of aromatic carboxylic acids is 1. The second-order valence-corrected chi connectivity index (χ2v) is 4.18. The van der Waals surface area contributed by atoms with Crippen LogP contribution in [0.4, 0.5) is 14.9 Å². The quantitative estimate of drug-likeness (QED) is 0.844. The van der Waals surface area contributed by atoms with Gasteiger partial charge in [0.1, 0.15) is 5.82 Å². The molecule has 0 bridgehead atoms. The zero-order valence-corrected chi connectivity index (χ0v) is 10.1. The van der Waals surface area contributed by atoms with Gasteiger partial charge in [-0.1, -0.05) is 0 Å². The summed E-state index contributed by atoms with van der Waals surface area (Å²) < 4.78 is 13.5. The van der Waals surface area contributed by atoms with Crippen LogP contribution in [0.2, 0.25) is 0 Å². The van der Waals surface area contributed by atoms with Crippen LogP contribution < -0.4 is 10.2 Å². The topological polar surface area (TPSA) is 86.7 Å². The molecular weight excluding hydrogens is 255 g/mol. The van der Waals surface area contributed by atoms with Crippen LogP contribution in [0.25, 0.3) is 0 Å². The first-order chi connectivity index (χ1) is 8.90. The Kier molecular flexibility index (Phi) is 3.20. The van der Waals surface area contributed by atoms with E-state index in [2.05, 4.69) is 5.32 Å². The number of amides is 3. The summed E-state index contributed by atoms with van der Waals surface area (Å²) in [5, 5.41) is 11.0. The Bertz CT molecular complexity index is 585. The summed E-state index contributed by atoms with van der Waals surface area (Å²) in [5.74, 6) is -2.66. The number of urea groups is 1. The number of carbonyl (C=O) groups is 3. The van der Waals surface area contributed by atoms with Crippen LogP contribution in [0.1, 0.15) is 22.3 Å². The van der Waals surface area contributed by atoms with Gasteiger partial charge in [-0.3, -0.25) is 15.0 Å². The summed E-state index contributed by atoms with van der Waals surface area (Å²) in [5.41, 5.74) is 0.195. The van der Waals surface area contributed by atoms with Crippen LogP contribution in [0, 0.1) is 12.7 Å². The van der Waals surface area contributed by atoms with Crippen molar-refractivity contribution in [3.63, 3.8) is 0 Å². The van der Waals surface area contributed by atoms with Crippen LogP contribution in [0.15, 0.2) is 12.1 Å². The van der Waals surface area contributed by atoms with Gasteiger partial charge in [0.05, 0.1) is 5.56 Å².